The van der Waals surface area contributed by atoms with Crippen LogP contribution in [0.3, 0.4) is 0 Å². The van der Waals surface area contributed by atoms with Crippen molar-refractivity contribution >= 4 is 11.7 Å². The van der Waals surface area contributed by atoms with Crippen molar-refractivity contribution in [2.75, 3.05) is 31.6 Å². The van der Waals surface area contributed by atoms with Crippen molar-refractivity contribution < 1.29 is 9.53 Å². The SMILES string of the molecule is O=C(Nc1cccc(-n2cnnn2)c1)N[C@H]1COC[C@@H]1N1CCCCC1. The number of hydrogen-bond donors (Lipinski definition) is 2. The van der Waals surface area contributed by atoms with E-state index in [1.54, 1.807) is 4.68 Å². The lowest BCUT2D eigenvalue weighted by Gasteiger charge is -2.34. The highest BCUT2D eigenvalue weighted by atomic mass is 16.5. The third-order valence-corrected chi connectivity index (χ3v) is 4.94. The van der Waals surface area contributed by atoms with Crippen LogP contribution in [0.4, 0.5) is 10.5 Å². The molecule has 0 radical (unpaired) electrons. The molecule has 0 unspecified atom stereocenters. The Morgan fingerprint density at radius 1 is 1.19 bits per heavy atom. The molecule has 26 heavy (non-hydrogen) atoms. The number of carbonyl (C=O) groups is 1. The first-order valence-corrected chi connectivity index (χ1v) is 9.02. The number of hydrogen-bond acceptors (Lipinski definition) is 6. The van der Waals surface area contributed by atoms with Crippen LogP contribution in [0.1, 0.15) is 19.3 Å². The van der Waals surface area contributed by atoms with Gasteiger partial charge in [0.05, 0.1) is 31.0 Å². The fraction of sp³-hybridized carbons (Fsp3) is 0.529. The molecular weight excluding hydrogens is 334 g/mol. The Kier molecular flexibility index (Phi) is 5.07. The molecular formula is C17H23N7O2. The van der Waals surface area contributed by atoms with Crippen molar-refractivity contribution in [3.8, 4) is 5.69 Å². The smallest absolute Gasteiger partial charge is 0.319 e. The van der Waals surface area contributed by atoms with Crippen molar-refractivity contribution in [2.24, 2.45) is 0 Å². The maximum absolute atomic E-state index is 12.5. The maximum atomic E-state index is 12.5. The zero-order valence-electron chi connectivity index (χ0n) is 14.5. The normalized spacial score (nSPS) is 23.7. The number of carbonyl (C=O) groups excluding carboxylic acids is 1. The number of piperidine rings is 1. The van der Waals surface area contributed by atoms with Gasteiger partial charge in [-0.3, -0.25) is 4.90 Å². The number of tetrazole rings is 1. The first-order chi connectivity index (χ1) is 12.8. The minimum atomic E-state index is -0.226. The Balaban J connectivity index is 1.37. The highest BCUT2D eigenvalue weighted by Crippen LogP contribution is 2.19. The molecule has 3 heterocycles. The molecule has 0 aliphatic carbocycles. The van der Waals surface area contributed by atoms with Gasteiger partial charge in [-0.05, 0) is 54.6 Å². The zero-order chi connectivity index (χ0) is 17.8. The molecule has 0 saturated carbocycles. The van der Waals surface area contributed by atoms with Crippen LogP contribution in [-0.4, -0.2) is 69.5 Å². The van der Waals surface area contributed by atoms with Gasteiger partial charge in [0.25, 0.3) is 0 Å². The van der Waals surface area contributed by atoms with Gasteiger partial charge in [-0.25, -0.2) is 9.48 Å². The molecule has 9 nitrogen and oxygen atoms in total. The van der Waals surface area contributed by atoms with Gasteiger partial charge in [-0.15, -0.1) is 5.10 Å². The quantitative estimate of drug-likeness (QED) is 0.848. The Labute approximate surface area is 151 Å². The van der Waals surface area contributed by atoms with Crippen LogP contribution in [0.5, 0.6) is 0 Å². The van der Waals surface area contributed by atoms with Crippen molar-refractivity contribution in [2.45, 2.75) is 31.3 Å². The minimum Gasteiger partial charge on any atom is -0.378 e. The second kappa shape index (κ2) is 7.79. The summed E-state index contributed by atoms with van der Waals surface area (Å²) in [6.07, 6.45) is 5.25. The van der Waals surface area contributed by atoms with Crippen molar-refractivity contribution in [1.82, 2.24) is 30.4 Å². The van der Waals surface area contributed by atoms with Crippen LogP contribution < -0.4 is 10.6 Å². The lowest BCUT2D eigenvalue weighted by molar-refractivity contribution is 0.125. The summed E-state index contributed by atoms with van der Waals surface area (Å²) < 4.78 is 7.17. The second-order valence-corrected chi connectivity index (χ2v) is 6.71. The number of urea groups is 1. The maximum Gasteiger partial charge on any atom is 0.319 e. The number of benzene rings is 1. The lowest BCUT2D eigenvalue weighted by atomic mass is 10.1. The average Bonchev–Trinajstić information content (AvgIpc) is 3.34. The van der Waals surface area contributed by atoms with Gasteiger partial charge in [0.15, 0.2) is 0 Å². The number of rotatable bonds is 4. The largest absolute Gasteiger partial charge is 0.378 e. The number of anilines is 1. The molecule has 1 aromatic heterocycles. The molecule has 1 aromatic carbocycles. The Morgan fingerprint density at radius 2 is 2.08 bits per heavy atom. The zero-order valence-corrected chi connectivity index (χ0v) is 14.5. The van der Waals surface area contributed by atoms with E-state index in [1.165, 1.54) is 25.6 Å². The Bertz CT molecular complexity index is 730. The van der Waals surface area contributed by atoms with Crippen LogP contribution in [0.25, 0.3) is 5.69 Å². The molecule has 2 fully saturated rings. The molecule has 2 aliphatic rings. The number of ether oxygens (including phenoxy) is 1. The summed E-state index contributed by atoms with van der Waals surface area (Å²) in [4.78, 5) is 14.9. The fourth-order valence-corrected chi connectivity index (χ4v) is 3.63. The van der Waals surface area contributed by atoms with Crippen LogP contribution in [0, 0.1) is 0 Å². The van der Waals surface area contributed by atoms with E-state index in [4.69, 9.17) is 4.74 Å². The Hall–Kier alpha value is -2.52. The van der Waals surface area contributed by atoms with Gasteiger partial charge in [0.1, 0.15) is 6.33 Å². The van der Waals surface area contributed by atoms with E-state index < -0.39 is 0 Å². The lowest BCUT2D eigenvalue weighted by Crippen LogP contribution is -2.53. The van der Waals surface area contributed by atoms with Gasteiger partial charge in [-0.1, -0.05) is 12.5 Å². The summed E-state index contributed by atoms with van der Waals surface area (Å²) in [5, 5.41) is 17.1. The third-order valence-electron chi connectivity index (χ3n) is 4.94. The molecule has 2 atom stereocenters. The number of likely N-dealkylation sites (tertiary alicyclic amines) is 1. The predicted molar refractivity (Wildman–Crippen MR) is 95.1 cm³/mol. The summed E-state index contributed by atoms with van der Waals surface area (Å²) >= 11 is 0. The summed E-state index contributed by atoms with van der Waals surface area (Å²) in [6, 6.07) is 7.42. The molecule has 2 saturated heterocycles. The first kappa shape index (κ1) is 16.9. The second-order valence-electron chi connectivity index (χ2n) is 6.71. The van der Waals surface area contributed by atoms with Crippen molar-refractivity contribution in [3.63, 3.8) is 0 Å². The van der Waals surface area contributed by atoms with E-state index in [1.807, 2.05) is 24.3 Å². The van der Waals surface area contributed by atoms with Crippen LogP contribution in [0.15, 0.2) is 30.6 Å². The summed E-state index contributed by atoms with van der Waals surface area (Å²) in [5.74, 6) is 0. The van der Waals surface area contributed by atoms with E-state index in [2.05, 4.69) is 31.1 Å². The van der Waals surface area contributed by atoms with Crippen molar-refractivity contribution in [3.05, 3.63) is 30.6 Å². The van der Waals surface area contributed by atoms with Gasteiger partial charge >= 0.3 is 6.03 Å². The molecule has 2 aliphatic heterocycles. The molecule has 9 heteroatoms. The van der Waals surface area contributed by atoms with Gasteiger partial charge in [0.2, 0.25) is 0 Å². The molecule has 0 spiro atoms. The number of amides is 2. The fourth-order valence-electron chi connectivity index (χ4n) is 3.63. The molecule has 0 bridgehead atoms. The molecule has 2 N–H and O–H groups in total. The number of nitrogens with one attached hydrogen (secondary N) is 2. The van der Waals surface area contributed by atoms with Gasteiger partial charge in [-0.2, -0.15) is 0 Å². The minimum absolute atomic E-state index is 0.01000. The molecule has 4 rings (SSSR count). The summed E-state index contributed by atoms with van der Waals surface area (Å²) in [7, 11) is 0. The topological polar surface area (TPSA) is 97.2 Å². The number of aromatic nitrogens is 4. The summed E-state index contributed by atoms with van der Waals surface area (Å²) in [6.45, 7) is 3.41. The predicted octanol–water partition coefficient (Wildman–Crippen LogP) is 1.04. The van der Waals surface area contributed by atoms with Crippen LogP contribution in [-0.2, 0) is 4.74 Å². The Morgan fingerprint density at radius 3 is 2.88 bits per heavy atom. The first-order valence-electron chi connectivity index (χ1n) is 9.02. The highest BCUT2D eigenvalue weighted by Gasteiger charge is 2.34. The van der Waals surface area contributed by atoms with Gasteiger partial charge in [0, 0.05) is 5.69 Å². The molecule has 2 amide bonds. The van der Waals surface area contributed by atoms with E-state index in [0.717, 1.165) is 18.8 Å². The van der Waals surface area contributed by atoms with E-state index in [9.17, 15) is 4.79 Å². The third kappa shape index (κ3) is 3.83. The van der Waals surface area contributed by atoms with E-state index in [0.29, 0.717) is 18.9 Å². The van der Waals surface area contributed by atoms with Crippen molar-refractivity contribution in [1.29, 1.82) is 0 Å². The van der Waals surface area contributed by atoms with E-state index in [-0.39, 0.29) is 18.1 Å². The van der Waals surface area contributed by atoms with Crippen LogP contribution >= 0.6 is 0 Å². The van der Waals surface area contributed by atoms with Gasteiger partial charge < -0.3 is 15.4 Å². The van der Waals surface area contributed by atoms with E-state index >= 15 is 0 Å². The molecule has 2 aromatic rings. The summed E-state index contributed by atoms with van der Waals surface area (Å²) in [5.41, 5.74) is 1.46. The molecule has 138 valence electrons. The highest BCUT2D eigenvalue weighted by molar-refractivity contribution is 5.89. The standard InChI is InChI=1S/C17H23N7O2/c25-17(19-13-5-4-6-14(9-13)24-12-18-21-22-24)20-15-10-26-11-16(15)23-7-2-1-3-8-23/h4-6,9,12,15-16H,1-3,7-8,10-11H2,(H2,19,20,25)/t15-,16-/m0/s1. The number of nitrogens with zero attached hydrogens (tertiary/aromatic N) is 5. The monoisotopic (exact) mass is 357 g/mol. The van der Waals surface area contributed by atoms with Crippen LogP contribution in [0.2, 0.25) is 0 Å². The average molecular weight is 357 g/mol.